The molecule has 0 radical (unpaired) electrons. The summed E-state index contributed by atoms with van der Waals surface area (Å²) in [6.07, 6.45) is 2.15. The zero-order valence-electron chi connectivity index (χ0n) is 17.8. The van der Waals surface area contributed by atoms with E-state index >= 15 is 0 Å². The lowest BCUT2D eigenvalue weighted by atomic mass is 9.69. The van der Waals surface area contributed by atoms with Gasteiger partial charge in [-0.05, 0) is 36.0 Å². The highest BCUT2D eigenvalue weighted by molar-refractivity contribution is 7.99. The van der Waals surface area contributed by atoms with Crippen molar-refractivity contribution in [2.24, 2.45) is 5.41 Å². The Bertz CT molecular complexity index is 1170. The van der Waals surface area contributed by atoms with Crippen LogP contribution in [0.3, 0.4) is 0 Å². The van der Waals surface area contributed by atoms with Crippen molar-refractivity contribution < 1.29 is 14.3 Å². The highest BCUT2D eigenvalue weighted by Crippen LogP contribution is 2.49. The van der Waals surface area contributed by atoms with Gasteiger partial charge in [-0.25, -0.2) is 4.98 Å². The smallest absolute Gasteiger partial charge is 0.257 e. The zero-order valence-corrected chi connectivity index (χ0v) is 18.6. The lowest BCUT2D eigenvalue weighted by Gasteiger charge is -2.38. The summed E-state index contributed by atoms with van der Waals surface area (Å²) in [6.45, 7) is 6.44. The summed E-state index contributed by atoms with van der Waals surface area (Å²) in [5.74, 6) is 2.27. The molecule has 162 valence electrons. The van der Waals surface area contributed by atoms with E-state index in [9.17, 15) is 9.59 Å². The lowest BCUT2D eigenvalue weighted by molar-refractivity contribution is -0.118. The SMILES string of the molecule is CCCSc1nc2c(c(=O)[nH]1)C(c1ccc3c(c1)OCO3)C1=C(CC(C)(C)CC1=O)N2. The van der Waals surface area contributed by atoms with Crippen LogP contribution in [0.2, 0.25) is 0 Å². The Hall–Kier alpha value is -2.74. The Morgan fingerprint density at radius 3 is 2.81 bits per heavy atom. The number of carbonyl (C=O) groups is 1. The Morgan fingerprint density at radius 1 is 1.19 bits per heavy atom. The summed E-state index contributed by atoms with van der Waals surface area (Å²) < 4.78 is 11.0. The number of fused-ring (bicyclic) bond motifs is 2. The van der Waals surface area contributed by atoms with E-state index in [1.165, 1.54) is 11.8 Å². The van der Waals surface area contributed by atoms with Gasteiger partial charge in [0.2, 0.25) is 6.79 Å². The van der Waals surface area contributed by atoms with Crippen LogP contribution in [0.1, 0.15) is 57.1 Å². The average Bonchev–Trinajstić information content (AvgIpc) is 3.17. The first kappa shape index (κ1) is 20.2. The van der Waals surface area contributed by atoms with E-state index in [-0.39, 0.29) is 23.6 Å². The van der Waals surface area contributed by atoms with Crippen LogP contribution in [0.4, 0.5) is 5.82 Å². The number of aromatic amines is 1. The second-order valence-electron chi connectivity index (χ2n) is 8.99. The summed E-state index contributed by atoms with van der Waals surface area (Å²) in [7, 11) is 0. The molecular formula is C23H25N3O4S. The maximum Gasteiger partial charge on any atom is 0.257 e. The molecule has 1 aromatic carbocycles. The Labute approximate surface area is 184 Å². The molecule has 0 fully saturated rings. The first-order valence-electron chi connectivity index (χ1n) is 10.6. The van der Waals surface area contributed by atoms with E-state index in [0.29, 0.717) is 40.0 Å². The number of nitrogens with one attached hydrogen (secondary N) is 2. The Balaban J connectivity index is 1.69. The standard InChI is InChI=1S/C23H25N3O4S/c1-4-7-31-22-25-20-19(21(28)26-22)17(12-5-6-15-16(8-12)30-11-29-15)18-13(24-20)9-23(2,3)10-14(18)27/h5-6,8,17H,4,7,9-11H2,1-3H3,(H2,24,25,26,28). The van der Waals surface area contributed by atoms with Gasteiger partial charge in [0.1, 0.15) is 5.82 Å². The van der Waals surface area contributed by atoms with Crippen LogP contribution in [0, 0.1) is 5.41 Å². The summed E-state index contributed by atoms with van der Waals surface area (Å²) in [4.78, 5) is 34.2. The van der Waals surface area contributed by atoms with E-state index in [1.54, 1.807) is 0 Å². The van der Waals surface area contributed by atoms with E-state index in [4.69, 9.17) is 14.5 Å². The van der Waals surface area contributed by atoms with Crippen molar-refractivity contribution in [2.75, 3.05) is 17.9 Å². The molecule has 31 heavy (non-hydrogen) atoms. The lowest BCUT2D eigenvalue weighted by Crippen LogP contribution is -2.37. The Morgan fingerprint density at radius 2 is 2.00 bits per heavy atom. The molecule has 7 nitrogen and oxygen atoms in total. The van der Waals surface area contributed by atoms with Crippen molar-refractivity contribution in [3.05, 3.63) is 50.9 Å². The van der Waals surface area contributed by atoms with Crippen molar-refractivity contribution in [3.63, 3.8) is 0 Å². The second kappa shape index (κ2) is 7.44. The van der Waals surface area contributed by atoms with Crippen molar-refractivity contribution in [2.45, 2.75) is 51.1 Å². The van der Waals surface area contributed by atoms with Crippen molar-refractivity contribution >= 4 is 23.4 Å². The molecule has 1 aliphatic carbocycles. The number of allylic oxidation sites excluding steroid dienone is 2. The Kier molecular flexibility index (Phi) is 4.84. The number of nitrogens with zero attached hydrogens (tertiary/aromatic N) is 1. The van der Waals surface area contributed by atoms with Crippen molar-refractivity contribution in [1.29, 1.82) is 0 Å². The third-order valence-electron chi connectivity index (χ3n) is 5.87. The molecule has 0 spiro atoms. The zero-order chi connectivity index (χ0) is 21.8. The molecule has 2 aromatic rings. The molecule has 2 aliphatic heterocycles. The number of Topliss-reactive ketones (excluding diaryl/α,β-unsaturated/α-hetero) is 1. The highest BCUT2D eigenvalue weighted by atomic mass is 32.2. The number of hydrogen-bond donors (Lipinski definition) is 2. The summed E-state index contributed by atoms with van der Waals surface area (Å²) in [6, 6.07) is 5.62. The fraction of sp³-hybridized carbons (Fsp3) is 0.435. The normalized spacial score (nSPS) is 20.9. The molecule has 2 N–H and O–H groups in total. The first-order valence-corrected chi connectivity index (χ1v) is 11.5. The van der Waals surface area contributed by atoms with Crippen LogP contribution < -0.4 is 20.3 Å². The van der Waals surface area contributed by atoms with Gasteiger partial charge in [-0.1, -0.05) is 38.6 Å². The molecular weight excluding hydrogens is 414 g/mol. The van der Waals surface area contributed by atoms with Gasteiger partial charge >= 0.3 is 0 Å². The van der Waals surface area contributed by atoms with E-state index in [2.05, 4.69) is 31.1 Å². The summed E-state index contributed by atoms with van der Waals surface area (Å²) in [5.41, 5.74) is 2.46. The number of hydrogen-bond acceptors (Lipinski definition) is 7. The summed E-state index contributed by atoms with van der Waals surface area (Å²) in [5, 5.41) is 3.94. The molecule has 5 rings (SSSR count). The fourth-order valence-electron chi connectivity index (χ4n) is 4.59. The molecule has 0 saturated carbocycles. The molecule has 8 heteroatoms. The second-order valence-corrected chi connectivity index (χ2v) is 10.1. The largest absolute Gasteiger partial charge is 0.454 e. The average molecular weight is 440 g/mol. The van der Waals surface area contributed by atoms with Gasteiger partial charge in [0.05, 0.1) is 5.56 Å². The van der Waals surface area contributed by atoms with Gasteiger partial charge < -0.3 is 19.8 Å². The molecule has 3 aliphatic rings. The maximum atomic E-state index is 13.3. The molecule has 3 heterocycles. The van der Waals surface area contributed by atoms with Gasteiger partial charge in [-0.2, -0.15) is 0 Å². The number of carbonyl (C=O) groups excluding carboxylic acids is 1. The third kappa shape index (κ3) is 3.52. The van der Waals surface area contributed by atoms with Crippen molar-refractivity contribution in [3.8, 4) is 11.5 Å². The molecule has 1 atom stereocenters. The predicted octanol–water partition coefficient (Wildman–Crippen LogP) is 4.20. The van der Waals surface area contributed by atoms with Crippen LogP contribution in [0.25, 0.3) is 0 Å². The minimum absolute atomic E-state index is 0.0656. The number of benzene rings is 1. The summed E-state index contributed by atoms with van der Waals surface area (Å²) >= 11 is 1.52. The number of anilines is 1. The van der Waals surface area contributed by atoms with Gasteiger partial charge in [-0.3, -0.25) is 9.59 Å². The number of ether oxygens (including phenoxy) is 2. The van der Waals surface area contributed by atoms with Crippen LogP contribution in [0.15, 0.2) is 39.4 Å². The highest BCUT2D eigenvalue weighted by Gasteiger charge is 2.42. The third-order valence-corrected chi connectivity index (χ3v) is 6.95. The minimum Gasteiger partial charge on any atom is -0.454 e. The molecule has 0 bridgehead atoms. The molecule has 0 saturated heterocycles. The van der Waals surface area contributed by atoms with Gasteiger partial charge in [0.25, 0.3) is 5.56 Å². The number of aromatic nitrogens is 2. The number of rotatable bonds is 4. The van der Waals surface area contributed by atoms with Crippen LogP contribution in [-0.4, -0.2) is 28.3 Å². The van der Waals surface area contributed by atoms with Crippen LogP contribution in [0.5, 0.6) is 11.5 Å². The van der Waals surface area contributed by atoms with E-state index in [0.717, 1.165) is 29.9 Å². The van der Waals surface area contributed by atoms with Crippen LogP contribution in [-0.2, 0) is 4.79 Å². The monoisotopic (exact) mass is 439 g/mol. The topological polar surface area (TPSA) is 93.3 Å². The van der Waals surface area contributed by atoms with Crippen molar-refractivity contribution in [1.82, 2.24) is 9.97 Å². The number of H-pyrrole nitrogens is 1. The van der Waals surface area contributed by atoms with Gasteiger partial charge in [0.15, 0.2) is 22.4 Å². The van der Waals surface area contributed by atoms with E-state index in [1.807, 2.05) is 18.2 Å². The number of thioether (sulfide) groups is 1. The minimum atomic E-state index is -0.495. The molecule has 1 aromatic heterocycles. The first-order chi connectivity index (χ1) is 14.9. The fourth-order valence-corrected chi connectivity index (χ4v) is 5.30. The predicted molar refractivity (Wildman–Crippen MR) is 119 cm³/mol. The van der Waals surface area contributed by atoms with Gasteiger partial charge in [0, 0.05) is 29.4 Å². The quantitative estimate of drug-likeness (QED) is 0.545. The molecule has 1 unspecified atom stereocenters. The van der Waals surface area contributed by atoms with E-state index < -0.39 is 5.92 Å². The number of ketones is 1. The molecule has 0 amide bonds. The van der Waals surface area contributed by atoms with Crippen LogP contribution >= 0.6 is 11.8 Å². The van der Waals surface area contributed by atoms with Gasteiger partial charge in [-0.15, -0.1) is 0 Å². The maximum absolute atomic E-state index is 13.3.